The van der Waals surface area contributed by atoms with Gasteiger partial charge in [-0.1, -0.05) is 43.3 Å². The van der Waals surface area contributed by atoms with E-state index in [0.29, 0.717) is 13.0 Å². The fraction of sp³-hybridized carbons (Fsp3) is 0.567. The van der Waals surface area contributed by atoms with E-state index in [1.807, 2.05) is 13.0 Å². The molecule has 2 aliphatic heterocycles. The smallest absolute Gasteiger partial charge is 0.177 e. The molecule has 2 unspecified atom stereocenters. The number of aryl methyl sites for hydroxylation is 1. The van der Waals surface area contributed by atoms with E-state index in [1.54, 1.807) is 7.11 Å². The van der Waals surface area contributed by atoms with Gasteiger partial charge < -0.3 is 14.2 Å². The number of nitrogens with zero attached hydrogens (tertiary/aromatic N) is 1. The minimum atomic E-state index is -0.923. The number of carbonyl (C=O) groups excluding carboxylic acids is 1. The first kappa shape index (κ1) is 23.1. The number of piperidine rings is 1. The van der Waals surface area contributed by atoms with E-state index in [2.05, 4.69) is 48.2 Å². The average Bonchev–Trinajstić information content (AvgIpc) is 3.15. The molecule has 0 N–H and O–H groups in total. The van der Waals surface area contributed by atoms with Crippen LogP contribution in [0.2, 0.25) is 0 Å². The average molecular weight is 476 g/mol. The van der Waals surface area contributed by atoms with E-state index < -0.39 is 16.6 Å². The monoisotopic (exact) mass is 475 g/mol. The predicted octanol–water partition coefficient (Wildman–Crippen LogP) is 4.88. The van der Waals surface area contributed by atoms with Crippen LogP contribution < -0.4 is 9.47 Å². The van der Waals surface area contributed by atoms with Crippen LogP contribution in [0, 0.1) is 0 Å². The number of ether oxygens (including phenoxy) is 3. The van der Waals surface area contributed by atoms with Gasteiger partial charge in [-0.05, 0) is 75.7 Å². The Bertz CT molecular complexity index is 1130. The van der Waals surface area contributed by atoms with Crippen LogP contribution >= 0.6 is 0 Å². The number of methoxy groups -OCH3 is 1. The van der Waals surface area contributed by atoms with Crippen molar-refractivity contribution in [1.82, 2.24) is 4.90 Å². The molecule has 1 saturated carbocycles. The number of Topliss-reactive ketones (excluding diaryl/α,β-unsaturated/α-hetero) is 1. The molecule has 0 amide bonds. The van der Waals surface area contributed by atoms with Crippen LogP contribution in [0.3, 0.4) is 0 Å². The molecule has 4 atom stereocenters. The van der Waals surface area contributed by atoms with Gasteiger partial charge in [0.15, 0.2) is 22.9 Å². The highest BCUT2D eigenvalue weighted by molar-refractivity contribution is 5.94. The van der Waals surface area contributed by atoms with Gasteiger partial charge in [0, 0.05) is 24.6 Å². The largest absolute Gasteiger partial charge is 0.493 e. The Morgan fingerprint density at radius 1 is 1.14 bits per heavy atom. The fourth-order valence-electron chi connectivity index (χ4n) is 8.01. The second kappa shape index (κ2) is 8.35. The van der Waals surface area contributed by atoms with Crippen LogP contribution in [0.15, 0.2) is 42.5 Å². The van der Waals surface area contributed by atoms with Crippen molar-refractivity contribution < 1.29 is 19.0 Å². The predicted molar refractivity (Wildman–Crippen MR) is 135 cm³/mol. The third-order valence-corrected chi connectivity index (χ3v) is 9.44. The summed E-state index contributed by atoms with van der Waals surface area (Å²) in [6, 6.07) is 15.1. The molecule has 2 aromatic rings. The highest BCUT2D eigenvalue weighted by Gasteiger charge is 2.78. The zero-order valence-electron chi connectivity index (χ0n) is 21.3. The highest BCUT2D eigenvalue weighted by atomic mass is 16.5. The van der Waals surface area contributed by atoms with Crippen LogP contribution in [0.4, 0.5) is 0 Å². The molecule has 2 bridgehead atoms. The number of carbonyl (C=O) groups is 1. The summed E-state index contributed by atoms with van der Waals surface area (Å²) < 4.78 is 19.6. The summed E-state index contributed by atoms with van der Waals surface area (Å²) in [5.41, 5.74) is 2.00. The second-order valence-corrected chi connectivity index (χ2v) is 10.9. The summed E-state index contributed by atoms with van der Waals surface area (Å²) in [5, 5.41) is 0. The number of likely N-dealkylation sites (tertiary alicyclic amines) is 1. The lowest BCUT2D eigenvalue weighted by atomic mass is 9.45. The Labute approximate surface area is 208 Å². The minimum Gasteiger partial charge on any atom is -0.493 e. The molecular formula is C30H37NO4. The maximum Gasteiger partial charge on any atom is 0.177 e. The molecule has 1 saturated heterocycles. The van der Waals surface area contributed by atoms with Gasteiger partial charge in [-0.3, -0.25) is 9.69 Å². The van der Waals surface area contributed by atoms with Crippen molar-refractivity contribution >= 4 is 5.78 Å². The molecule has 0 aromatic heterocycles. The summed E-state index contributed by atoms with van der Waals surface area (Å²) in [5.74, 6) is 1.71. The zero-order valence-corrected chi connectivity index (χ0v) is 21.3. The topological polar surface area (TPSA) is 48.0 Å². The Morgan fingerprint density at radius 2 is 1.97 bits per heavy atom. The van der Waals surface area contributed by atoms with Crippen molar-refractivity contribution in [2.24, 2.45) is 0 Å². The first-order valence-electron chi connectivity index (χ1n) is 13.4. The van der Waals surface area contributed by atoms with Gasteiger partial charge in [0.1, 0.15) is 0 Å². The van der Waals surface area contributed by atoms with Gasteiger partial charge in [-0.2, -0.15) is 0 Å². The molecule has 35 heavy (non-hydrogen) atoms. The van der Waals surface area contributed by atoms with Gasteiger partial charge in [0.25, 0.3) is 0 Å². The van der Waals surface area contributed by atoms with Crippen LogP contribution in [-0.2, 0) is 27.8 Å². The molecule has 2 aliphatic carbocycles. The maximum atomic E-state index is 13.7. The fourth-order valence-corrected chi connectivity index (χ4v) is 8.01. The van der Waals surface area contributed by atoms with E-state index in [0.717, 1.165) is 63.1 Å². The van der Waals surface area contributed by atoms with E-state index in [9.17, 15) is 4.79 Å². The van der Waals surface area contributed by atoms with Crippen LogP contribution in [-0.4, -0.2) is 54.7 Å². The van der Waals surface area contributed by atoms with E-state index in [1.165, 1.54) is 16.7 Å². The first-order chi connectivity index (χ1) is 17.0. The first-order valence-corrected chi connectivity index (χ1v) is 13.4. The number of hydrogen-bond acceptors (Lipinski definition) is 5. The van der Waals surface area contributed by atoms with Gasteiger partial charge >= 0.3 is 0 Å². The number of ketones is 1. The van der Waals surface area contributed by atoms with Gasteiger partial charge in [0.2, 0.25) is 0 Å². The van der Waals surface area contributed by atoms with Crippen molar-refractivity contribution in [3.05, 3.63) is 59.2 Å². The van der Waals surface area contributed by atoms with Crippen LogP contribution in [0.5, 0.6) is 11.5 Å². The Kier molecular flexibility index (Phi) is 5.50. The van der Waals surface area contributed by atoms with Gasteiger partial charge in [-0.15, -0.1) is 0 Å². The van der Waals surface area contributed by atoms with Crippen molar-refractivity contribution in [1.29, 1.82) is 0 Å². The Hall–Kier alpha value is -2.37. The molecule has 2 fully saturated rings. The third-order valence-electron chi connectivity index (χ3n) is 9.44. The molecule has 2 aromatic carbocycles. The number of rotatable bonds is 8. The Morgan fingerprint density at radius 3 is 2.74 bits per heavy atom. The molecule has 5 heteroatoms. The third kappa shape index (κ3) is 2.97. The molecule has 4 aliphatic rings. The second-order valence-electron chi connectivity index (χ2n) is 10.9. The zero-order chi connectivity index (χ0) is 24.3. The van der Waals surface area contributed by atoms with E-state index in [-0.39, 0.29) is 11.8 Å². The molecule has 0 radical (unpaired) electrons. The SMILES string of the molecule is CCCN1CC[C@]23c4c5ccc(OC)c4OC2(C)C(=O)CC[C@@]3(OCCCc2ccccc2)C1C5. The van der Waals surface area contributed by atoms with Crippen molar-refractivity contribution in [2.45, 2.75) is 81.5 Å². The summed E-state index contributed by atoms with van der Waals surface area (Å²) in [6.07, 6.45) is 6.14. The minimum absolute atomic E-state index is 0.204. The quantitative estimate of drug-likeness (QED) is 0.510. The molecule has 5 nitrogen and oxygen atoms in total. The summed E-state index contributed by atoms with van der Waals surface area (Å²) in [7, 11) is 1.69. The molecule has 2 heterocycles. The molecule has 6 rings (SSSR count). The van der Waals surface area contributed by atoms with Crippen LogP contribution in [0.1, 0.15) is 62.6 Å². The summed E-state index contributed by atoms with van der Waals surface area (Å²) in [4.78, 5) is 16.3. The highest BCUT2D eigenvalue weighted by Crippen LogP contribution is 2.69. The summed E-state index contributed by atoms with van der Waals surface area (Å²) in [6.45, 7) is 7.00. The molecule has 1 spiro atoms. The lowest BCUT2D eigenvalue weighted by Gasteiger charge is -2.66. The van der Waals surface area contributed by atoms with Gasteiger partial charge in [-0.25, -0.2) is 0 Å². The van der Waals surface area contributed by atoms with Crippen molar-refractivity contribution in [3.8, 4) is 11.5 Å². The standard InChI is InChI=1S/C30H37NO4/c1-4-17-31-18-16-29-26-22-12-13-23(33-3)27(26)35-28(29,2)25(32)14-15-30(29,24(31)20-22)34-19-8-11-21-9-6-5-7-10-21/h5-7,9-10,12-13,24H,4,8,11,14-20H2,1-3H3/t24?,28?,29-,30+/m0/s1. The molecule has 186 valence electrons. The lowest BCUT2D eigenvalue weighted by Crippen LogP contribution is -2.80. The lowest BCUT2D eigenvalue weighted by molar-refractivity contribution is -0.231. The summed E-state index contributed by atoms with van der Waals surface area (Å²) >= 11 is 0. The van der Waals surface area contributed by atoms with Crippen molar-refractivity contribution in [2.75, 3.05) is 26.8 Å². The number of hydrogen-bond donors (Lipinski definition) is 0. The van der Waals surface area contributed by atoms with Crippen LogP contribution in [0.25, 0.3) is 0 Å². The number of benzene rings is 2. The molecular weight excluding hydrogens is 438 g/mol. The van der Waals surface area contributed by atoms with E-state index in [4.69, 9.17) is 14.2 Å². The van der Waals surface area contributed by atoms with E-state index >= 15 is 0 Å². The Balaban J connectivity index is 1.45. The maximum absolute atomic E-state index is 13.7. The normalized spacial score (nSPS) is 32.8. The van der Waals surface area contributed by atoms with Gasteiger partial charge in [0.05, 0.1) is 18.1 Å². The van der Waals surface area contributed by atoms with Crippen molar-refractivity contribution in [3.63, 3.8) is 0 Å².